The van der Waals surface area contributed by atoms with Crippen molar-refractivity contribution in [3.05, 3.63) is 46.2 Å². The zero-order chi connectivity index (χ0) is 16.4. The van der Waals surface area contributed by atoms with E-state index in [1.807, 2.05) is 0 Å². The normalized spacial score (nSPS) is 15.0. The fraction of sp³-hybridized carbons (Fsp3) is 0.333. The number of nitrogens with zero attached hydrogens (tertiary/aromatic N) is 2. The Kier molecular flexibility index (Phi) is 3.97. The van der Waals surface area contributed by atoms with Crippen molar-refractivity contribution in [1.29, 1.82) is 0 Å². The zero-order valence-corrected chi connectivity index (χ0v) is 12.2. The fourth-order valence-electron chi connectivity index (χ4n) is 2.64. The summed E-state index contributed by atoms with van der Waals surface area (Å²) in [5, 5.41) is 8.71. The summed E-state index contributed by atoms with van der Waals surface area (Å²) in [5.41, 5.74) is -0.584. The van der Waals surface area contributed by atoms with Gasteiger partial charge in [0.2, 0.25) is 0 Å². The van der Waals surface area contributed by atoms with Gasteiger partial charge in [0.1, 0.15) is 0 Å². The first kappa shape index (κ1) is 15.4. The number of alkyl halides is 3. The number of hydrogen-bond donors (Lipinski definition) is 2. The molecule has 1 aromatic heterocycles. The summed E-state index contributed by atoms with van der Waals surface area (Å²) >= 11 is 0. The number of benzene rings is 1. The monoisotopic (exact) mass is 324 g/mol. The maximum atomic E-state index is 13.4. The molecular weight excluding hydrogens is 309 g/mol. The van der Waals surface area contributed by atoms with Gasteiger partial charge in [-0.25, -0.2) is 5.10 Å². The van der Waals surface area contributed by atoms with Gasteiger partial charge < -0.3 is 10.2 Å². The molecule has 1 aromatic carbocycles. The first-order valence-electron chi connectivity index (χ1n) is 7.22. The second kappa shape index (κ2) is 5.94. The largest absolute Gasteiger partial charge is 0.418 e. The van der Waals surface area contributed by atoms with E-state index in [1.165, 1.54) is 18.2 Å². The van der Waals surface area contributed by atoms with Crippen LogP contribution in [-0.4, -0.2) is 23.3 Å². The van der Waals surface area contributed by atoms with Crippen molar-refractivity contribution in [3.63, 3.8) is 0 Å². The van der Waals surface area contributed by atoms with Crippen LogP contribution in [-0.2, 0) is 6.18 Å². The van der Waals surface area contributed by atoms with Gasteiger partial charge in [-0.15, -0.1) is 0 Å². The average molecular weight is 324 g/mol. The van der Waals surface area contributed by atoms with Gasteiger partial charge in [-0.1, -0.05) is 0 Å². The van der Waals surface area contributed by atoms with Gasteiger partial charge in [-0.2, -0.15) is 18.3 Å². The zero-order valence-electron chi connectivity index (χ0n) is 12.2. The molecule has 0 aliphatic carbocycles. The van der Waals surface area contributed by atoms with E-state index in [-0.39, 0.29) is 22.8 Å². The van der Waals surface area contributed by atoms with Gasteiger partial charge in [-0.05, 0) is 37.1 Å². The van der Waals surface area contributed by atoms with Crippen molar-refractivity contribution in [2.75, 3.05) is 23.3 Å². The Morgan fingerprint density at radius 1 is 1.13 bits per heavy atom. The SMILES string of the molecule is O=c1ccc(Nc2ccc(N3CCCC3)c(C(F)(F)F)c2)n[nH]1. The highest BCUT2D eigenvalue weighted by atomic mass is 19.4. The second-order valence-electron chi connectivity index (χ2n) is 5.36. The summed E-state index contributed by atoms with van der Waals surface area (Å²) < 4.78 is 40.1. The average Bonchev–Trinajstić information content (AvgIpc) is 3.03. The van der Waals surface area contributed by atoms with E-state index in [1.54, 1.807) is 11.0 Å². The molecule has 0 bridgehead atoms. The van der Waals surface area contributed by atoms with Crippen molar-refractivity contribution in [2.24, 2.45) is 0 Å². The smallest absolute Gasteiger partial charge is 0.371 e. The molecule has 3 rings (SSSR count). The number of aromatic amines is 1. The van der Waals surface area contributed by atoms with Crippen LogP contribution in [0.5, 0.6) is 0 Å². The van der Waals surface area contributed by atoms with E-state index in [0.717, 1.165) is 18.9 Å². The topological polar surface area (TPSA) is 61.0 Å². The van der Waals surface area contributed by atoms with Crippen LogP contribution in [0, 0.1) is 0 Å². The number of halogens is 3. The standard InChI is InChI=1S/C15H15F3N4O/c16-15(17,18)11-9-10(19-13-5-6-14(23)21-20-13)3-4-12(11)22-7-1-2-8-22/h3-6,9H,1-2,7-8H2,(H,19,20)(H,21,23). The molecule has 0 unspecified atom stereocenters. The van der Waals surface area contributed by atoms with Gasteiger partial charge in [0.05, 0.1) is 5.56 Å². The van der Waals surface area contributed by atoms with Crippen LogP contribution in [0.3, 0.4) is 0 Å². The summed E-state index contributed by atoms with van der Waals surface area (Å²) in [6.45, 7) is 1.27. The van der Waals surface area contributed by atoms with Crippen LogP contribution in [0.4, 0.5) is 30.4 Å². The molecule has 1 fully saturated rings. The minimum Gasteiger partial charge on any atom is -0.371 e. The molecule has 0 amide bonds. The quantitative estimate of drug-likeness (QED) is 0.910. The molecule has 0 spiro atoms. The first-order chi connectivity index (χ1) is 10.9. The van der Waals surface area contributed by atoms with E-state index in [9.17, 15) is 18.0 Å². The van der Waals surface area contributed by atoms with Gasteiger partial charge in [0.25, 0.3) is 5.56 Å². The molecule has 122 valence electrons. The Morgan fingerprint density at radius 3 is 2.48 bits per heavy atom. The predicted molar refractivity (Wildman–Crippen MR) is 81.0 cm³/mol. The van der Waals surface area contributed by atoms with E-state index in [2.05, 4.69) is 15.5 Å². The molecule has 1 aliphatic heterocycles. The summed E-state index contributed by atoms with van der Waals surface area (Å²) in [6.07, 6.45) is -2.63. The van der Waals surface area contributed by atoms with Crippen molar-refractivity contribution in [3.8, 4) is 0 Å². The highest BCUT2D eigenvalue weighted by Crippen LogP contribution is 2.39. The van der Waals surface area contributed by atoms with Crippen molar-refractivity contribution >= 4 is 17.2 Å². The van der Waals surface area contributed by atoms with Gasteiger partial charge in [0, 0.05) is 30.5 Å². The van der Waals surface area contributed by atoms with Crippen molar-refractivity contribution in [1.82, 2.24) is 10.2 Å². The van der Waals surface area contributed by atoms with E-state index in [4.69, 9.17) is 0 Å². The predicted octanol–water partition coefficient (Wildman–Crippen LogP) is 3.13. The minimum atomic E-state index is -4.44. The molecule has 23 heavy (non-hydrogen) atoms. The summed E-state index contributed by atoms with van der Waals surface area (Å²) in [7, 11) is 0. The highest BCUT2D eigenvalue weighted by Gasteiger charge is 2.35. The van der Waals surface area contributed by atoms with Crippen molar-refractivity contribution < 1.29 is 13.2 Å². The molecule has 2 N–H and O–H groups in total. The first-order valence-corrected chi connectivity index (χ1v) is 7.22. The number of nitrogens with one attached hydrogen (secondary N) is 2. The Labute approximate surface area is 130 Å². The summed E-state index contributed by atoms with van der Waals surface area (Å²) in [5.74, 6) is 0.270. The lowest BCUT2D eigenvalue weighted by molar-refractivity contribution is -0.137. The maximum absolute atomic E-state index is 13.4. The Morgan fingerprint density at radius 2 is 1.87 bits per heavy atom. The van der Waals surface area contributed by atoms with Crippen molar-refractivity contribution in [2.45, 2.75) is 19.0 Å². The molecule has 0 saturated carbocycles. The number of anilines is 3. The molecule has 2 aromatic rings. The number of hydrogen-bond acceptors (Lipinski definition) is 4. The third-order valence-corrected chi connectivity index (χ3v) is 3.70. The molecule has 2 heterocycles. The van der Waals surface area contributed by atoms with Crippen LogP contribution < -0.4 is 15.8 Å². The van der Waals surface area contributed by atoms with Gasteiger partial charge in [0.15, 0.2) is 5.82 Å². The fourth-order valence-corrected chi connectivity index (χ4v) is 2.64. The van der Waals surface area contributed by atoms with Crippen LogP contribution in [0.15, 0.2) is 35.1 Å². The molecule has 0 radical (unpaired) electrons. The molecule has 1 saturated heterocycles. The Balaban J connectivity index is 1.93. The van der Waals surface area contributed by atoms with E-state index >= 15 is 0 Å². The Hall–Kier alpha value is -2.51. The van der Waals surface area contributed by atoms with Crippen LogP contribution >= 0.6 is 0 Å². The third-order valence-electron chi connectivity index (χ3n) is 3.70. The molecular formula is C15H15F3N4O. The molecule has 8 heteroatoms. The Bertz CT molecular complexity index is 731. The van der Waals surface area contributed by atoms with Crippen LogP contribution in [0.2, 0.25) is 0 Å². The second-order valence-corrected chi connectivity index (χ2v) is 5.36. The molecule has 5 nitrogen and oxygen atoms in total. The summed E-state index contributed by atoms with van der Waals surface area (Å²) in [6, 6.07) is 6.78. The van der Waals surface area contributed by atoms with Crippen LogP contribution in [0.25, 0.3) is 0 Å². The van der Waals surface area contributed by atoms with Gasteiger partial charge in [-0.3, -0.25) is 4.79 Å². The number of aromatic nitrogens is 2. The van der Waals surface area contributed by atoms with E-state index in [0.29, 0.717) is 13.1 Å². The molecule has 0 atom stereocenters. The summed E-state index contributed by atoms with van der Waals surface area (Å²) in [4.78, 5) is 12.7. The van der Waals surface area contributed by atoms with Crippen LogP contribution in [0.1, 0.15) is 18.4 Å². The van der Waals surface area contributed by atoms with Gasteiger partial charge >= 0.3 is 6.18 Å². The minimum absolute atomic E-state index is 0.204. The molecule has 1 aliphatic rings. The highest BCUT2D eigenvalue weighted by molar-refractivity contribution is 5.65. The lowest BCUT2D eigenvalue weighted by atomic mass is 10.1. The number of H-pyrrole nitrogens is 1. The lowest BCUT2D eigenvalue weighted by Gasteiger charge is -2.23. The third kappa shape index (κ3) is 3.46. The number of rotatable bonds is 3. The van der Waals surface area contributed by atoms with E-state index < -0.39 is 11.7 Å². The maximum Gasteiger partial charge on any atom is 0.418 e. The lowest BCUT2D eigenvalue weighted by Crippen LogP contribution is -2.22.